The van der Waals surface area contributed by atoms with E-state index in [-0.39, 0.29) is 6.04 Å². The number of fused-ring (bicyclic) bond motifs is 1. The van der Waals surface area contributed by atoms with Gasteiger partial charge in [0.1, 0.15) is 5.75 Å². The average Bonchev–Trinajstić information content (AvgIpc) is 3.21. The Morgan fingerprint density at radius 1 is 0.971 bits per heavy atom. The highest BCUT2D eigenvalue weighted by atomic mass is 16.5. The third kappa shape index (κ3) is 5.69. The van der Waals surface area contributed by atoms with Crippen LogP contribution in [0.25, 0.3) is 0 Å². The van der Waals surface area contributed by atoms with Crippen LogP contribution in [0.1, 0.15) is 24.1 Å². The van der Waals surface area contributed by atoms with Crippen molar-refractivity contribution in [3.63, 3.8) is 0 Å². The first kappa shape index (κ1) is 24.0. The number of carbonyl (C=O) groups excluding carboxylic acids is 2. The third-order valence-electron chi connectivity index (χ3n) is 6.68. The van der Waals surface area contributed by atoms with Crippen molar-refractivity contribution in [3.05, 3.63) is 53.6 Å². The zero-order valence-corrected chi connectivity index (χ0v) is 20.3. The molecule has 2 heterocycles. The minimum atomic E-state index is -0.670. The number of anilines is 2. The molecule has 8 nitrogen and oxygen atoms in total. The van der Waals surface area contributed by atoms with Crippen LogP contribution in [0.4, 0.5) is 11.4 Å². The summed E-state index contributed by atoms with van der Waals surface area (Å²) in [5.41, 5.74) is 4.37. The van der Waals surface area contributed by atoms with E-state index in [2.05, 4.69) is 57.6 Å². The molecule has 2 aromatic rings. The number of likely N-dealkylation sites (N-methyl/N-ethyl adjacent to an activating group) is 2. The number of amides is 2. The number of ether oxygens (including phenoxy) is 1. The maximum atomic E-state index is 12.6. The maximum Gasteiger partial charge on any atom is 0.313 e. The zero-order valence-electron chi connectivity index (χ0n) is 20.3. The Morgan fingerprint density at radius 2 is 1.71 bits per heavy atom. The van der Waals surface area contributed by atoms with Crippen LogP contribution < -0.4 is 20.3 Å². The molecule has 2 aliphatic rings. The highest BCUT2D eigenvalue weighted by Crippen LogP contribution is 2.31. The molecule has 182 valence electrons. The standard InChI is InChI=1S/C26H35N5O3/c1-4-34-22-8-6-21(7-9-22)28-26(33)25(32)27-18-24(31-15-13-29(2)14-16-31)19-5-10-23-20(17-19)11-12-30(23)3/h5-10,17,24H,4,11-16,18H2,1-3H3,(H,27,32)(H,28,33)/t24-/m1/s1. The average molecular weight is 466 g/mol. The van der Waals surface area contributed by atoms with Gasteiger partial charge < -0.3 is 25.2 Å². The van der Waals surface area contributed by atoms with Gasteiger partial charge in [0.25, 0.3) is 0 Å². The Morgan fingerprint density at radius 3 is 2.41 bits per heavy atom. The van der Waals surface area contributed by atoms with Crippen LogP contribution in [0.5, 0.6) is 5.75 Å². The second-order valence-corrected chi connectivity index (χ2v) is 9.04. The summed E-state index contributed by atoms with van der Waals surface area (Å²) in [5, 5.41) is 5.54. The van der Waals surface area contributed by atoms with Crippen LogP contribution in [-0.2, 0) is 16.0 Å². The maximum absolute atomic E-state index is 12.6. The SMILES string of the molecule is CCOc1ccc(NC(=O)C(=O)NC[C@H](c2ccc3c(c2)CCN3C)N2CCN(C)CC2)cc1. The van der Waals surface area contributed by atoms with E-state index in [9.17, 15) is 9.59 Å². The molecule has 0 saturated carbocycles. The Kier molecular flexibility index (Phi) is 7.70. The second-order valence-electron chi connectivity index (χ2n) is 9.04. The molecule has 0 unspecified atom stereocenters. The fourth-order valence-electron chi connectivity index (χ4n) is 4.64. The third-order valence-corrected chi connectivity index (χ3v) is 6.68. The van der Waals surface area contributed by atoms with Crippen molar-refractivity contribution in [3.8, 4) is 5.75 Å². The van der Waals surface area contributed by atoms with E-state index in [1.807, 2.05) is 6.92 Å². The summed E-state index contributed by atoms with van der Waals surface area (Å²) >= 11 is 0. The van der Waals surface area contributed by atoms with Crippen LogP contribution in [0.2, 0.25) is 0 Å². The molecule has 2 N–H and O–H groups in total. The number of nitrogens with one attached hydrogen (secondary N) is 2. The molecular formula is C26H35N5O3. The predicted octanol–water partition coefficient (Wildman–Crippen LogP) is 2.12. The Hall–Kier alpha value is -3.10. The van der Waals surface area contributed by atoms with E-state index in [1.54, 1.807) is 24.3 Å². The Bertz CT molecular complexity index is 1000. The smallest absolute Gasteiger partial charge is 0.313 e. The highest BCUT2D eigenvalue weighted by molar-refractivity contribution is 6.39. The summed E-state index contributed by atoms with van der Waals surface area (Å²) in [7, 11) is 4.25. The lowest BCUT2D eigenvalue weighted by Gasteiger charge is -2.38. The lowest BCUT2D eigenvalue weighted by Crippen LogP contribution is -2.49. The first-order valence-corrected chi connectivity index (χ1v) is 12.0. The molecule has 0 bridgehead atoms. The minimum Gasteiger partial charge on any atom is -0.494 e. The summed E-state index contributed by atoms with van der Waals surface area (Å²) in [6, 6.07) is 13.6. The van der Waals surface area contributed by atoms with Crippen LogP contribution in [0, 0.1) is 0 Å². The second kappa shape index (κ2) is 10.9. The van der Waals surface area contributed by atoms with Gasteiger partial charge in [0.15, 0.2) is 0 Å². The summed E-state index contributed by atoms with van der Waals surface area (Å²) in [6.45, 7) is 7.71. The summed E-state index contributed by atoms with van der Waals surface area (Å²) < 4.78 is 5.42. The quantitative estimate of drug-likeness (QED) is 0.610. The Labute approximate surface area is 201 Å². The number of benzene rings is 2. The molecule has 8 heteroatoms. The zero-order chi connectivity index (χ0) is 24.1. The van der Waals surface area contributed by atoms with Crippen LogP contribution in [0.15, 0.2) is 42.5 Å². The summed E-state index contributed by atoms with van der Waals surface area (Å²) in [5.74, 6) is -0.578. The molecule has 0 aliphatic carbocycles. The monoisotopic (exact) mass is 465 g/mol. The molecule has 0 radical (unpaired) electrons. The molecule has 1 fully saturated rings. The molecule has 4 rings (SSSR count). The molecule has 34 heavy (non-hydrogen) atoms. The molecule has 1 atom stereocenters. The van der Waals surface area contributed by atoms with E-state index in [1.165, 1.54) is 16.8 Å². The fraction of sp³-hybridized carbons (Fsp3) is 0.462. The van der Waals surface area contributed by atoms with Crippen molar-refractivity contribution < 1.29 is 14.3 Å². The number of rotatable bonds is 7. The van der Waals surface area contributed by atoms with Crippen molar-refractivity contribution in [1.82, 2.24) is 15.1 Å². The van der Waals surface area contributed by atoms with Gasteiger partial charge in [-0.05, 0) is 61.9 Å². The van der Waals surface area contributed by atoms with Gasteiger partial charge in [-0.3, -0.25) is 14.5 Å². The number of carbonyl (C=O) groups is 2. The van der Waals surface area contributed by atoms with Crippen molar-refractivity contribution in [1.29, 1.82) is 0 Å². The molecular weight excluding hydrogens is 430 g/mol. The first-order valence-electron chi connectivity index (χ1n) is 12.0. The van der Waals surface area contributed by atoms with Crippen molar-refractivity contribution in [2.75, 3.05) is 70.2 Å². The van der Waals surface area contributed by atoms with Gasteiger partial charge >= 0.3 is 11.8 Å². The van der Waals surface area contributed by atoms with Crippen molar-refractivity contribution in [2.24, 2.45) is 0 Å². The first-order chi connectivity index (χ1) is 16.4. The predicted molar refractivity (Wildman–Crippen MR) is 134 cm³/mol. The van der Waals surface area contributed by atoms with Gasteiger partial charge in [-0.15, -0.1) is 0 Å². The molecule has 0 spiro atoms. The van der Waals surface area contributed by atoms with Crippen LogP contribution in [-0.4, -0.2) is 81.6 Å². The Balaban J connectivity index is 1.41. The van der Waals surface area contributed by atoms with Gasteiger partial charge in [0, 0.05) is 57.7 Å². The lowest BCUT2D eigenvalue weighted by atomic mass is 10.00. The number of nitrogens with zero attached hydrogens (tertiary/aromatic N) is 3. The van der Waals surface area contributed by atoms with E-state index < -0.39 is 11.8 Å². The van der Waals surface area contributed by atoms with Crippen LogP contribution in [0.3, 0.4) is 0 Å². The van der Waals surface area contributed by atoms with Gasteiger partial charge in [-0.1, -0.05) is 12.1 Å². The van der Waals surface area contributed by atoms with Crippen molar-refractivity contribution >= 4 is 23.2 Å². The number of hydrogen-bond acceptors (Lipinski definition) is 6. The molecule has 2 aliphatic heterocycles. The van der Waals surface area contributed by atoms with E-state index in [0.717, 1.165) is 44.9 Å². The van der Waals surface area contributed by atoms with E-state index >= 15 is 0 Å². The number of piperazine rings is 1. The lowest BCUT2D eigenvalue weighted by molar-refractivity contribution is -0.136. The fourth-order valence-corrected chi connectivity index (χ4v) is 4.64. The molecule has 1 saturated heterocycles. The largest absolute Gasteiger partial charge is 0.494 e. The molecule has 2 aromatic carbocycles. The topological polar surface area (TPSA) is 77.1 Å². The molecule has 2 amide bonds. The van der Waals surface area contributed by atoms with Gasteiger partial charge in [-0.2, -0.15) is 0 Å². The van der Waals surface area contributed by atoms with E-state index in [4.69, 9.17) is 4.74 Å². The van der Waals surface area contributed by atoms with Gasteiger partial charge in [0.2, 0.25) is 0 Å². The summed E-state index contributed by atoms with van der Waals surface area (Å²) in [4.78, 5) is 32.1. The van der Waals surface area contributed by atoms with Crippen LogP contribution >= 0.6 is 0 Å². The van der Waals surface area contributed by atoms with E-state index in [0.29, 0.717) is 18.8 Å². The minimum absolute atomic E-state index is 0.0205. The summed E-state index contributed by atoms with van der Waals surface area (Å²) in [6.07, 6.45) is 1.03. The molecule has 0 aromatic heterocycles. The number of hydrogen-bond donors (Lipinski definition) is 2. The van der Waals surface area contributed by atoms with Gasteiger partial charge in [0.05, 0.1) is 12.6 Å². The van der Waals surface area contributed by atoms with Crippen molar-refractivity contribution in [2.45, 2.75) is 19.4 Å². The van der Waals surface area contributed by atoms with Gasteiger partial charge in [-0.25, -0.2) is 0 Å². The normalized spacial score (nSPS) is 17.2. The highest BCUT2D eigenvalue weighted by Gasteiger charge is 2.27.